The molecule has 3 rings (SSSR count). The highest BCUT2D eigenvalue weighted by Crippen LogP contribution is 2.29. The van der Waals surface area contributed by atoms with Crippen molar-refractivity contribution < 1.29 is 9.59 Å². The van der Waals surface area contributed by atoms with Crippen molar-refractivity contribution in [1.82, 2.24) is 4.90 Å². The first-order valence-corrected chi connectivity index (χ1v) is 10.5. The Bertz CT molecular complexity index is 1040. The topological polar surface area (TPSA) is 114 Å². The van der Waals surface area contributed by atoms with E-state index in [0.717, 1.165) is 18.4 Å². The van der Waals surface area contributed by atoms with Crippen LogP contribution in [0.3, 0.4) is 0 Å². The molecule has 0 atom stereocenters. The number of nitrogens with one attached hydrogen (secondary N) is 1. The van der Waals surface area contributed by atoms with E-state index < -0.39 is 0 Å². The molecule has 0 saturated carbocycles. The maximum atomic E-state index is 13.1. The van der Waals surface area contributed by atoms with Crippen LogP contribution in [0.1, 0.15) is 49.0 Å². The first-order chi connectivity index (χ1) is 14.9. The van der Waals surface area contributed by atoms with Crippen molar-refractivity contribution in [2.24, 2.45) is 10.7 Å². The van der Waals surface area contributed by atoms with Gasteiger partial charge in [0.05, 0.1) is 5.69 Å². The molecule has 1 aliphatic rings. The van der Waals surface area contributed by atoms with Crippen molar-refractivity contribution >= 4 is 40.8 Å². The van der Waals surface area contributed by atoms with Crippen LogP contribution < -0.4 is 16.8 Å². The van der Waals surface area contributed by atoms with Crippen LogP contribution in [0.25, 0.3) is 6.08 Å². The van der Waals surface area contributed by atoms with Gasteiger partial charge in [0.2, 0.25) is 5.91 Å². The van der Waals surface area contributed by atoms with Crippen LogP contribution in [0.15, 0.2) is 53.0 Å². The number of hydrogen-bond acceptors (Lipinski definition) is 5. The summed E-state index contributed by atoms with van der Waals surface area (Å²) in [5.41, 5.74) is 15.5. The molecule has 2 amide bonds. The summed E-state index contributed by atoms with van der Waals surface area (Å²) in [6.45, 7) is 5.52. The molecule has 1 aliphatic heterocycles. The number of rotatable bonds is 7. The Morgan fingerprint density at radius 3 is 2.48 bits per heavy atom. The zero-order valence-electron chi connectivity index (χ0n) is 18.0. The number of hydrogen-bond donors (Lipinski definition) is 3. The van der Waals surface area contributed by atoms with Gasteiger partial charge in [0.1, 0.15) is 5.84 Å². The van der Waals surface area contributed by atoms with Crippen LogP contribution in [0.5, 0.6) is 0 Å². The van der Waals surface area contributed by atoms with Crippen LogP contribution in [-0.4, -0.2) is 35.6 Å². The second-order valence-corrected chi connectivity index (χ2v) is 7.59. The Balaban J connectivity index is 1.87. The summed E-state index contributed by atoms with van der Waals surface area (Å²) in [5.74, 6) is 0.0571. The van der Waals surface area contributed by atoms with Gasteiger partial charge in [0, 0.05) is 47.6 Å². The van der Waals surface area contributed by atoms with Gasteiger partial charge in [0.25, 0.3) is 5.91 Å². The van der Waals surface area contributed by atoms with Gasteiger partial charge >= 0.3 is 0 Å². The van der Waals surface area contributed by atoms with Crippen molar-refractivity contribution in [3.63, 3.8) is 0 Å². The maximum absolute atomic E-state index is 13.1. The van der Waals surface area contributed by atoms with E-state index in [-0.39, 0.29) is 18.2 Å². The standard InChI is InChI=1S/C24H29N5O2/c1-3-10-29(11-4-2)24(31)18-12-16-8-9-17(13-21(16)28-22(26)14-18)23(30)27-20-7-5-6-19(25)15-20/h5-9,12-13,15H,3-4,10-11,14,25H2,1-2H3,(H2,26,28)(H,27,30). The third-order valence-electron chi connectivity index (χ3n) is 4.95. The van der Waals surface area contributed by atoms with Crippen LogP contribution >= 0.6 is 0 Å². The fourth-order valence-electron chi connectivity index (χ4n) is 3.55. The maximum Gasteiger partial charge on any atom is 0.255 e. The Morgan fingerprint density at radius 2 is 1.81 bits per heavy atom. The second kappa shape index (κ2) is 9.93. The SMILES string of the molecule is CCCN(CCC)C(=O)C1=Cc2ccc(C(=O)Nc3cccc(N)c3)cc2N=C(N)C1. The van der Waals surface area contributed by atoms with Gasteiger partial charge in [-0.05, 0) is 49.2 Å². The molecule has 7 nitrogen and oxygen atoms in total. The molecule has 0 fully saturated rings. The fraction of sp³-hybridized carbons (Fsp3) is 0.292. The number of carbonyl (C=O) groups is 2. The lowest BCUT2D eigenvalue weighted by Crippen LogP contribution is -2.34. The average molecular weight is 420 g/mol. The number of fused-ring (bicyclic) bond motifs is 1. The molecule has 0 aliphatic carbocycles. The smallest absolute Gasteiger partial charge is 0.255 e. The van der Waals surface area contributed by atoms with Crippen LogP contribution in [0.2, 0.25) is 0 Å². The number of anilines is 2. The lowest BCUT2D eigenvalue weighted by atomic mass is 10.0. The van der Waals surface area contributed by atoms with E-state index in [2.05, 4.69) is 24.2 Å². The molecule has 31 heavy (non-hydrogen) atoms. The molecule has 0 aromatic heterocycles. The lowest BCUT2D eigenvalue weighted by Gasteiger charge is -2.22. The largest absolute Gasteiger partial charge is 0.399 e. The summed E-state index contributed by atoms with van der Waals surface area (Å²) in [6, 6.07) is 12.2. The summed E-state index contributed by atoms with van der Waals surface area (Å²) in [7, 11) is 0. The van der Waals surface area contributed by atoms with Crippen molar-refractivity contribution in [3.05, 3.63) is 59.2 Å². The minimum Gasteiger partial charge on any atom is -0.399 e. The minimum atomic E-state index is -0.274. The Kier molecular flexibility index (Phi) is 7.07. The van der Waals surface area contributed by atoms with Gasteiger partial charge in [-0.3, -0.25) is 9.59 Å². The monoisotopic (exact) mass is 419 g/mol. The summed E-state index contributed by atoms with van der Waals surface area (Å²) >= 11 is 0. The van der Waals surface area contributed by atoms with Gasteiger partial charge in [-0.1, -0.05) is 26.0 Å². The van der Waals surface area contributed by atoms with Crippen LogP contribution in [-0.2, 0) is 4.79 Å². The van der Waals surface area contributed by atoms with E-state index in [1.54, 1.807) is 42.5 Å². The Labute approximate surface area is 182 Å². The third kappa shape index (κ3) is 5.51. The number of amidine groups is 1. The van der Waals surface area contributed by atoms with Crippen LogP contribution in [0, 0.1) is 0 Å². The molecule has 0 spiro atoms. The zero-order valence-corrected chi connectivity index (χ0v) is 18.0. The average Bonchev–Trinajstić information content (AvgIpc) is 2.90. The first kappa shape index (κ1) is 22.1. The number of nitrogen functional groups attached to an aromatic ring is 1. The zero-order chi connectivity index (χ0) is 22.4. The molecule has 0 unspecified atom stereocenters. The Morgan fingerprint density at radius 1 is 1.06 bits per heavy atom. The quantitative estimate of drug-likeness (QED) is 0.590. The second-order valence-electron chi connectivity index (χ2n) is 7.59. The highest BCUT2D eigenvalue weighted by Gasteiger charge is 2.21. The molecular formula is C24H29N5O2. The summed E-state index contributed by atoms with van der Waals surface area (Å²) in [4.78, 5) is 32.1. The van der Waals surface area contributed by atoms with Gasteiger partial charge in [0.15, 0.2) is 0 Å². The molecule has 5 N–H and O–H groups in total. The van der Waals surface area contributed by atoms with E-state index in [9.17, 15) is 9.59 Å². The molecule has 162 valence electrons. The van der Waals surface area contributed by atoms with Gasteiger partial charge < -0.3 is 21.7 Å². The highest BCUT2D eigenvalue weighted by atomic mass is 16.2. The van der Waals surface area contributed by atoms with E-state index >= 15 is 0 Å². The molecule has 0 saturated heterocycles. The summed E-state index contributed by atoms with van der Waals surface area (Å²) < 4.78 is 0. The van der Waals surface area contributed by atoms with Crippen molar-refractivity contribution in [1.29, 1.82) is 0 Å². The number of carbonyl (C=O) groups excluding carboxylic acids is 2. The fourth-order valence-corrected chi connectivity index (χ4v) is 3.55. The van der Waals surface area contributed by atoms with Crippen molar-refractivity contribution in [2.75, 3.05) is 24.1 Å². The summed E-state index contributed by atoms with van der Waals surface area (Å²) in [6.07, 6.45) is 3.90. The van der Waals surface area contributed by atoms with Crippen molar-refractivity contribution in [2.45, 2.75) is 33.1 Å². The van der Waals surface area contributed by atoms with Gasteiger partial charge in [-0.15, -0.1) is 0 Å². The van der Waals surface area contributed by atoms with Crippen molar-refractivity contribution in [3.8, 4) is 0 Å². The molecule has 0 radical (unpaired) electrons. The number of nitrogens with zero attached hydrogens (tertiary/aromatic N) is 2. The molecule has 2 aromatic carbocycles. The Hall–Kier alpha value is -3.61. The predicted octanol–water partition coefficient (Wildman–Crippen LogP) is 3.95. The molecule has 1 heterocycles. The van der Waals surface area contributed by atoms with Gasteiger partial charge in [-0.25, -0.2) is 4.99 Å². The molecule has 7 heteroatoms. The van der Waals surface area contributed by atoms with E-state index in [1.165, 1.54) is 0 Å². The molecule has 0 bridgehead atoms. The van der Waals surface area contributed by atoms with E-state index in [4.69, 9.17) is 11.5 Å². The molecular weight excluding hydrogens is 390 g/mol. The third-order valence-corrected chi connectivity index (χ3v) is 4.95. The van der Waals surface area contributed by atoms with E-state index in [1.807, 2.05) is 11.0 Å². The predicted molar refractivity (Wildman–Crippen MR) is 126 cm³/mol. The number of nitrogens with two attached hydrogens (primary N) is 2. The van der Waals surface area contributed by atoms with Crippen LogP contribution in [0.4, 0.5) is 17.1 Å². The highest BCUT2D eigenvalue weighted by molar-refractivity contribution is 6.08. The first-order valence-electron chi connectivity index (χ1n) is 10.5. The minimum absolute atomic E-state index is 0.0156. The van der Waals surface area contributed by atoms with E-state index in [0.29, 0.717) is 47.1 Å². The summed E-state index contributed by atoms with van der Waals surface area (Å²) in [5, 5.41) is 2.83. The number of benzene rings is 2. The molecule has 2 aromatic rings. The normalized spacial score (nSPS) is 12.8. The number of amides is 2. The number of aliphatic imine (C=N–C) groups is 1. The van der Waals surface area contributed by atoms with Gasteiger partial charge in [-0.2, -0.15) is 0 Å². The lowest BCUT2D eigenvalue weighted by molar-refractivity contribution is -0.127.